The van der Waals surface area contributed by atoms with E-state index in [0.717, 1.165) is 0 Å². The number of hydrogen-bond donors (Lipinski definition) is 1. The lowest BCUT2D eigenvalue weighted by Crippen LogP contribution is -2.18. The molecule has 19 heavy (non-hydrogen) atoms. The van der Waals surface area contributed by atoms with Crippen LogP contribution in [0.15, 0.2) is 16.1 Å². The fraction of sp³-hybridized carbons (Fsp3) is 0.385. The number of hydrogen-bond acceptors (Lipinski definition) is 5. The van der Waals surface area contributed by atoms with E-state index in [1.54, 1.807) is 13.1 Å². The second kappa shape index (κ2) is 6.47. The van der Waals surface area contributed by atoms with Crippen molar-refractivity contribution in [1.82, 2.24) is 15.0 Å². The monoisotopic (exact) mass is 279 g/mol. The van der Waals surface area contributed by atoms with Gasteiger partial charge in [0.05, 0.1) is 5.56 Å². The molecule has 0 aliphatic heterocycles. The van der Waals surface area contributed by atoms with E-state index in [9.17, 15) is 9.59 Å². The lowest BCUT2D eigenvalue weighted by molar-refractivity contribution is 0.101. The topological polar surface area (TPSA) is 75.7 Å². The maximum absolute atomic E-state index is 11.8. The van der Waals surface area contributed by atoms with E-state index in [1.165, 1.54) is 18.7 Å². The Kier molecular flexibility index (Phi) is 5.23. The maximum Gasteiger partial charge on any atom is 0.260 e. The highest BCUT2D eigenvalue weighted by Crippen LogP contribution is 2.17. The minimum atomic E-state index is -0.395. The van der Waals surface area contributed by atoms with Crippen molar-refractivity contribution in [2.75, 3.05) is 6.26 Å². The van der Waals surface area contributed by atoms with Gasteiger partial charge in [0.25, 0.3) is 5.56 Å². The number of aromatic amines is 1. The fourth-order valence-electron chi connectivity index (χ4n) is 1.73. The summed E-state index contributed by atoms with van der Waals surface area (Å²) in [5.41, 5.74) is 0.881. The minimum absolute atomic E-state index is 0.179. The largest absolute Gasteiger partial charge is 0.306 e. The van der Waals surface area contributed by atoms with Crippen LogP contribution in [0.25, 0.3) is 11.0 Å². The molecule has 102 valence electrons. The van der Waals surface area contributed by atoms with Gasteiger partial charge in [0, 0.05) is 11.6 Å². The number of pyridine rings is 1. The van der Waals surface area contributed by atoms with Gasteiger partial charge in [0.2, 0.25) is 0 Å². The van der Waals surface area contributed by atoms with Gasteiger partial charge in [-0.1, -0.05) is 25.6 Å². The van der Waals surface area contributed by atoms with Crippen LogP contribution in [0.3, 0.4) is 0 Å². The van der Waals surface area contributed by atoms with Crippen LogP contribution in [0.4, 0.5) is 0 Å². The third kappa shape index (κ3) is 3.01. The van der Waals surface area contributed by atoms with Gasteiger partial charge >= 0.3 is 0 Å². The molecule has 0 atom stereocenters. The van der Waals surface area contributed by atoms with E-state index in [4.69, 9.17) is 0 Å². The summed E-state index contributed by atoms with van der Waals surface area (Å²) in [5.74, 6) is -0.250. The van der Waals surface area contributed by atoms with Gasteiger partial charge < -0.3 is 4.98 Å². The number of aromatic nitrogens is 3. The summed E-state index contributed by atoms with van der Waals surface area (Å²) in [6.07, 6.45) is 3.49. The molecule has 2 aromatic heterocycles. The van der Waals surface area contributed by atoms with Crippen molar-refractivity contribution in [3.05, 3.63) is 27.7 Å². The molecule has 0 spiro atoms. The number of ketones is 1. The standard InChI is InChI=1S/C11H11N3O2S.C2H6/c1-5-7-4-12-11(17-3)14-9(7)13-10(16)8(5)6(2)15;1-2/h4H,1-3H3,(H,12,13,14,16);1-2H3. The SMILES string of the molecule is CC.CSc1ncc2c(C)c(C(C)=O)c(=O)[nH]c2n1. The zero-order valence-corrected chi connectivity index (χ0v) is 12.5. The number of nitrogens with one attached hydrogen (secondary N) is 1. The molecule has 0 fully saturated rings. The molecule has 0 unspecified atom stereocenters. The molecular formula is C13H17N3O2S. The Morgan fingerprint density at radius 2 is 2.00 bits per heavy atom. The average molecular weight is 279 g/mol. The quantitative estimate of drug-likeness (QED) is 0.519. The molecule has 0 bridgehead atoms. The predicted octanol–water partition coefficient (Wildman–Crippen LogP) is 2.58. The summed E-state index contributed by atoms with van der Waals surface area (Å²) < 4.78 is 0. The summed E-state index contributed by atoms with van der Waals surface area (Å²) in [5, 5.41) is 1.29. The zero-order chi connectivity index (χ0) is 14.6. The first-order chi connectivity index (χ1) is 9.04. The van der Waals surface area contributed by atoms with E-state index in [-0.39, 0.29) is 11.3 Å². The molecule has 6 heteroatoms. The molecule has 2 heterocycles. The molecule has 0 amide bonds. The summed E-state index contributed by atoms with van der Waals surface area (Å²) >= 11 is 1.39. The molecule has 5 nitrogen and oxygen atoms in total. The van der Waals surface area contributed by atoms with Crippen molar-refractivity contribution >= 4 is 28.6 Å². The number of aryl methyl sites for hydroxylation is 1. The lowest BCUT2D eigenvalue weighted by atomic mass is 10.1. The summed E-state index contributed by atoms with van der Waals surface area (Å²) in [4.78, 5) is 34.1. The number of fused-ring (bicyclic) bond motifs is 1. The summed E-state index contributed by atoms with van der Waals surface area (Å²) in [6, 6.07) is 0. The second-order valence-corrected chi connectivity index (χ2v) is 4.40. The van der Waals surface area contributed by atoms with Crippen LogP contribution in [0, 0.1) is 6.92 Å². The number of thioether (sulfide) groups is 1. The summed E-state index contributed by atoms with van der Waals surface area (Å²) in [6.45, 7) is 7.11. The van der Waals surface area contributed by atoms with Gasteiger partial charge in [-0.05, 0) is 25.7 Å². The Morgan fingerprint density at radius 1 is 1.37 bits per heavy atom. The number of rotatable bonds is 2. The first-order valence-corrected chi connectivity index (χ1v) is 7.21. The lowest BCUT2D eigenvalue weighted by Gasteiger charge is -2.05. The molecule has 0 radical (unpaired) electrons. The molecule has 0 saturated heterocycles. The molecule has 0 aliphatic rings. The number of carbonyl (C=O) groups is 1. The van der Waals surface area contributed by atoms with Crippen molar-refractivity contribution in [1.29, 1.82) is 0 Å². The molecule has 0 aromatic carbocycles. The highest BCUT2D eigenvalue weighted by molar-refractivity contribution is 7.98. The third-order valence-corrected chi connectivity index (χ3v) is 3.10. The molecule has 1 N–H and O–H groups in total. The highest BCUT2D eigenvalue weighted by atomic mass is 32.2. The van der Waals surface area contributed by atoms with E-state index in [1.807, 2.05) is 20.1 Å². The van der Waals surface area contributed by atoms with Gasteiger partial charge in [-0.2, -0.15) is 0 Å². The molecule has 0 saturated carbocycles. The summed E-state index contributed by atoms with van der Waals surface area (Å²) in [7, 11) is 0. The number of Topliss-reactive ketones (excluding diaryl/α,β-unsaturated/α-hetero) is 1. The van der Waals surface area contributed by atoms with Crippen LogP contribution in [0.1, 0.15) is 36.7 Å². The van der Waals surface area contributed by atoms with Gasteiger partial charge in [0.1, 0.15) is 5.65 Å². The first kappa shape index (κ1) is 15.4. The Hall–Kier alpha value is -1.69. The molecule has 2 rings (SSSR count). The predicted molar refractivity (Wildman–Crippen MR) is 78.0 cm³/mol. The molecule has 0 aliphatic carbocycles. The van der Waals surface area contributed by atoms with Crippen LogP contribution >= 0.6 is 11.8 Å². The maximum atomic E-state index is 11.8. The van der Waals surface area contributed by atoms with Crippen molar-refractivity contribution in [2.45, 2.75) is 32.9 Å². The van der Waals surface area contributed by atoms with E-state index < -0.39 is 5.56 Å². The fourth-order valence-corrected chi connectivity index (χ4v) is 2.07. The van der Waals surface area contributed by atoms with Crippen molar-refractivity contribution < 1.29 is 4.79 Å². The number of H-pyrrole nitrogens is 1. The third-order valence-electron chi connectivity index (χ3n) is 2.54. The van der Waals surface area contributed by atoms with Gasteiger partial charge in [-0.25, -0.2) is 9.97 Å². The van der Waals surface area contributed by atoms with E-state index in [0.29, 0.717) is 21.8 Å². The van der Waals surface area contributed by atoms with Gasteiger partial charge in [-0.15, -0.1) is 0 Å². The van der Waals surface area contributed by atoms with Crippen molar-refractivity contribution in [2.24, 2.45) is 0 Å². The van der Waals surface area contributed by atoms with E-state index in [2.05, 4.69) is 15.0 Å². The minimum Gasteiger partial charge on any atom is -0.306 e. The number of carbonyl (C=O) groups excluding carboxylic acids is 1. The molecule has 2 aromatic rings. The van der Waals surface area contributed by atoms with Crippen molar-refractivity contribution in [3.63, 3.8) is 0 Å². The van der Waals surface area contributed by atoms with Crippen molar-refractivity contribution in [3.8, 4) is 0 Å². The Labute approximate surface area is 115 Å². The van der Waals surface area contributed by atoms with Crippen LogP contribution in [-0.4, -0.2) is 27.0 Å². The van der Waals surface area contributed by atoms with Gasteiger partial charge in [-0.3, -0.25) is 9.59 Å². The average Bonchev–Trinajstić information content (AvgIpc) is 2.39. The van der Waals surface area contributed by atoms with Crippen LogP contribution < -0.4 is 5.56 Å². The normalized spacial score (nSPS) is 9.95. The van der Waals surface area contributed by atoms with Gasteiger partial charge in [0.15, 0.2) is 10.9 Å². The smallest absolute Gasteiger partial charge is 0.260 e. The van der Waals surface area contributed by atoms with E-state index >= 15 is 0 Å². The molecular weight excluding hydrogens is 262 g/mol. The van der Waals surface area contributed by atoms with Crippen LogP contribution in [0.5, 0.6) is 0 Å². The Morgan fingerprint density at radius 3 is 2.53 bits per heavy atom. The zero-order valence-electron chi connectivity index (χ0n) is 11.7. The Balaban J connectivity index is 0.000000861. The Bertz CT molecular complexity index is 665. The number of nitrogens with zero attached hydrogens (tertiary/aromatic N) is 2. The van der Waals surface area contributed by atoms with Crippen LogP contribution in [0.2, 0.25) is 0 Å². The highest BCUT2D eigenvalue weighted by Gasteiger charge is 2.14. The second-order valence-electron chi connectivity index (χ2n) is 3.63. The van der Waals surface area contributed by atoms with Crippen LogP contribution in [-0.2, 0) is 0 Å². The first-order valence-electron chi connectivity index (χ1n) is 5.99.